The van der Waals surface area contributed by atoms with E-state index in [9.17, 15) is 5.11 Å². The van der Waals surface area contributed by atoms with Crippen LogP contribution in [0.25, 0.3) is 22.4 Å². The van der Waals surface area contributed by atoms with Crippen molar-refractivity contribution in [2.75, 3.05) is 20.3 Å². The minimum atomic E-state index is 0.136. The minimum Gasteiger partial charge on any atom is -0.507 e. The predicted molar refractivity (Wildman–Crippen MR) is 108 cm³/mol. The molecule has 1 aliphatic heterocycles. The van der Waals surface area contributed by atoms with Gasteiger partial charge in [-0.1, -0.05) is 6.92 Å². The predicted octanol–water partition coefficient (Wildman–Crippen LogP) is 4.41. The molecule has 6 heteroatoms. The molecule has 0 atom stereocenters. The standard InChI is InChI=1S/C22H24N2O4/c1-5-14-9-16(17(25)11-18(14)26-4)22-21(13(3)23-24-22)15-10-20-19(8-12(15)2)27-6-7-28-20/h8-11,25H,5-7H2,1-4H3,(H,23,24). The highest BCUT2D eigenvalue weighted by molar-refractivity contribution is 5.87. The van der Waals surface area contributed by atoms with Crippen LogP contribution < -0.4 is 14.2 Å². The minimum absolute atomic E-state index is 0.136. The number of hydrogen-bond acceptors (Lipinski definition) is 5. The summed E-state index contributed by atoms with van der Waals surface area (Å²) >= 11 is 0. The van der Waals surface area contributed by atoms with Gasteiger partial charge in [-0.2, -0.15) is 5.10 Å². The molecule has 6 nitrogen and oxygen atoms in total. The van der Waals surface area contributed by atoms with Crippen LogP contribution in [0.15, 0.2) is 24.3 Å². The second-order valence-electron chi connectivity index (χ2n) is 6.92. The van der Waals surface area contributed by atoms with Gasteiger partial charge in [0.15, 0.2) is 11.5 Å². The molecule has 146 valence electrons. The van der Waals surface area contributed by atoms with Crippen LogP contribution in [0.2, 0.25) is 0 Å². The van der Waals surface area contributed by atoms with Gasteiger partial charge in [0.1, 0.15) is 30.4 Å². The van der Waals surface area contributed by atoms with Crippen LogP contribution in [-0.2, 0) is 6.42 Å². The maximum absolute atomic E-state index is 10.7. The lowest BCUT2D eigenvalue weighted by Gasteiger charge is -2.21. The third-order valence-electron chi connectivity index (χ3n) is 5.14. The molecule has 4 rings (SSSR count). The molecule has 0 amide bonds. The molecule has 0 saturated carbocycles. The molecule has 1 aromatic heterocycles. The molecule has 2 N–H and O–H groups in total. The van der Waals surface area contributed by atoms with Gasteiger partial charge in [-0.05, 0) is 55.2 Å². The Kier molecular flexibility index (Phi) is 4.63. The van der Waals surface area contributed by atoms with E-state index < -0.39 is 0 Å². The first-order valence-electron chi connectivity index (χ1n) is 9.39. The van der Waals surface area contributed by atoms with Gasteiger partial charge < -0.3 is 19.3 Å². The molecule has 0 bridgehead atoms. The van der Waals surface area contributed by atoms with Crippen LogP contribution >= 0.6 is 0 Å². The summed E-state index contributed by atoms with van der Waals surface area (Å²) in [6, 6.07) is 7.58. The Morgan fingerprint density at radius 3 is 2.46 bits per heavy atom. The molecule has 3 aromatic rings. The summed E-state index contributed by atoms with van der Waals surface area (Å²) in [5.74, 6) is 2.30. The molecule has 0 saturated heterocycles. The molecule has 0 fully saturated rings. The molecule has 0 radical (unpaired) electrons. The Morgan fingerprint density at radius 2 is 1.79 bits per heavy atom. The Labute approximate surface area is 164 Å². The zero-order valence-electron chi connectivity index (χ0n) is 16.5. The molecule has 0 aliphatic carbocycles. The Hall–Kier alpha value is -3.15. The number of phenolic OH excluding ortho intramolecular Hbond substituents is 1. The second kappa shape index (κ2) is 7.11. The molecule has 28 heavy (non-hydrogen) atoms. The van der Waals surface area contributed by atoms with Gasteiger partial charge in [0, 0.05) is 22.9 Å². The highest BCUT2D eigenvalue weighted by Gasteiger charge is 2.23. The highest BCUT2D eigenvalue weighted by atomic mass is 16.6. The Morgan fingerprint density at radius 1 is 1.07 bits per heavy atom. The van der Waals surface area contributed by atoms with Crippen LogP contribution in [0.5, 0.6) is 23.0 Å². The largest absolute Gasteiger partial charge is 0.507 e. The number of aromatic nitrogens is 2. The molecular weight excluding hydrogens is 356 g/mol. The van der Waals surface area contributed by atoms with Crippen LogP contribution in [0, 0.1) is 13.8 Å². The van der Waals surface area contributed by atoms with Crippen molar-refractivity contribution in [1.29, 1.82) is 0 Å². The fourth-order valence-electron chi connectivity index (χ4n) is 3.68. The summed E-state index contributed by atoms with van der Waals surface area (Å²) in [6.07, 6.45) is 0.790. The molecule has 2 aromatic carbocycles. The van der Waals surface area contributed by atoms with Gasteiger partial charge in [0.05, 0.1) is 7.11 Å². The van der Waals surface area contributed by atoms with Crippen molar-refractivity contribution < 1.29 is 19.3 Å². The SMILES string of the molecule is CCc1cc(-c2n[nH]c(C)c2-c2cc3c(cc2C)OCCO3)c(O)cc1OC. The number of benzene rings is 2. The molecule has 0 unspecified atom stereocenters. The topological polar surface area (TPSA) is 76.6 Å². The van der Waals surface area contributed by atoms with Gasteiger partial charge in [0.25, 0.3) is 0 Å². The van der Waals surface area contributed by atoms with Gasteiger partial charge in [0.2, 0.25) is 0 Å². The summed E-state index contributed by atoms with van der Waals surface area (Å²) in [6.45, 7) is 7.16. The van der Waals surface area contributed by atoms with Crippen molar-refractivity contribution in [3.05, 3.63) is 41.1 Å². The van der Waals surface area contributed by atoms with E-state index in [4.69, 9.17) is 14.2 Å². The van der Waals surface area contributed by atoms with Gasteiger partial charge in [-0.3, -0.25) is 5.10 Å². The van der Waals surface area contributed by atoms with Crippen LogP contribution in [0.4, 0.5) is 0 Å². The first-order chi connectivity index (χ1) is 13.5. The lowest BCUT2D eigenvalue weighted by atomic mass is 9.93. The number of ether oxygens (including phenoxy) is 3. The number of rotatable bonds is 4. The third-order valence-corrected chi connectivity index (χ3v) is 5.14. The number of phenols is 1. The van der Waals surface area contributed by atoms with Crippen molar-refractivity contribution in [1.82, 2.24) is 10.2 Å². The zero-order chi connectivity index (χ0) is 19.8. The van der Waals surface area contributed by atoms with E-state index in [0.717, 1.165) is 45.9 Å². The second-order valence-corrected chi connectivity index (χ2v) is 6.92. The van der Waals surface area contributed by atoms with Gasteiger partial charge in [-0.25, -0.2) is 0 Å². The summed E-state index contributed by atoms with van der Waals surface area (Å²) in [7, 11) is 1.61. The number of fused-ring (bicyclic) bond motifs is 1. The molecule has 0 spiro atoms. The summed E-state index contributed by atoms with van der Waals surface area (Å²) in [4.78, 5) is 0. The van der Waals surface area contributed by atoms with Crippen molar-refractivity contribution in [3.8, 4) is 45.4 Å². The quantitative estimate of drug-likeness (QED) is 0.701. The fraction of sp³-hybridized carbons (Fsp3) is 0.318. The fourth-order valence-corrected chi connectivity index (χ4v) is 3.68. The van der Waals surface area contributed by atoms with Crippen LogP contribution in [-0.4, -0.2) is 35.6 Å². The van der Waals surface area contributed by atoms with E-state index in [0.29, 0.717) is 30.2 Å². The molecular formula is C22H24N2O4. The van der Waals surface area contributed by atoms with E-state index in [1.165, 1.54) is 0 Å². The van der Waals surface area contributed by atoms with Gasteiger partial charge in [-0.15, -0.1) is 0 Å². The number of aromatic hydroxyl groups is 1. The van der Waals surface area contributed by atoms with E-state index in [2.05, 4.69) is 17.1 Å². The van der Waals surface area contributed by atoms with E-state index in [-0.39, 0.29) is 5.75 Å². The number of aryl methyl sites for hydroxylation is 3. The lowest BCUT2D eigenvalue weighted by molar-refractivity contribution is 0.171. The van der Waals surface area contributed by atoms with E-state index in [1.807, 2.05) is 32.0 Å². The number of hydrogen-bond donors (Lipinski definition) is 2. The monoisotopic (exact) mass is 380 g/mol. The summed E-state index contributed by atoms with van der Waals surface area (Å²) in [5, 5.41) is 18.2. The first kappa shape index (κ1) is 18.2. The summed E-state index contributed by atoms with van der Waals surface area (Å²) in [5.41, 5.74) is 6.30. The Balaban J connectivity index is 1.91. The number of nitrogens with zero attached hydrogens (tertiary/aromatic N) is 1. The number of nitrogens with one attached hydrogen (secondary N) is 1. The maximum Gasteiger partial charge on any atom is 0.161 e. The van der Waals surface area contributed by atoms with Gasteiger partial charge >= 0.3 is 0 Å². The zero-order valence-corrected chi connectivity index (χ0v) is 16.5. The average Bonchev–Trinajstić information content (AvgIpc) is 3.08. The molecule has 2 heterocycles. The number of aromatic amines is 1. The smallest absolute Gasteiger partial charge is 0.161 e. The number of H-pyrrole nitrogens is 1. The average molecular weight is 380 g/mol. The normalized spacial score (nSPS) is 12.9. The number of methoxy groups -OCH3 is 1. The summed E-state index contributed by atoms with van der Waals surface area (Å²) < 4.78 is 16.9. The Bertz CT molecular complexity index is 1040. The maximum atomic E-state index is 10.7. The van der Waals surface area contributed by atoms with Crippen LogP contribution in [0.3, 0.4) is 0 Å². The van der Waals surface area contributed by atoms with Crippen molar-refractivity contribution in [2.45, 2.75) is 27.2 Å². The lowest BCUT2D eigenvalue weighted by Crippen LogP contribution is -2.15. The first-order valence-corrected chi connectivity index (χ1v) is 9.39. The van der Waals surface area contributed by atoms with Crippen molar-refractivity contribution in [3.63, 3.8) is 0 Å². The van der Waals surface area contributed by atoms with Crippen molar-refractivity contribution in [2.24, 2.45) is 0 Å². The highest BCUT2D eigenvalue weighted by Crippen LogP contribution is 2.44. The third kappa shape index (κ3) is 2.95. The van der Waals surface area contributed by atoms with Crippen molar-refractivity contribution >= 4 is 0 Å². The molecule has 1 aliphatic rings. The van der Waals surface area contributed by atoms with E-state index >= 15 is 0 Å². The van der Waals surface area contributed by atoms with Crippen LogP contribution in [0.1, 0.15) is 23.7 Å². The van der Waals surface area contributed by atoms with E-state index in [1.54, 1.807) is 13.2 Å².